The van der Waals surface area contributed by atoms with Gasteiger partial charge in [-0.15, -0.1) is 12.4 Å². The molecule has 2 bridgehead atoms. The molecule has 2 fully saturated rings. The monoisotopic (exact) mass is 372 g/mol. The molecule has 0 spiro atoms. The zero-order valence-electron chi connectivity index (χ0n) is 14.3. The van der Waals surface area contributed by atoms with Gasteiger partial charge in [-0.3, -0.25) is 9.59 Å². The average Bonchev–Trinajstić information content (AvgIpc) is 3.03. The molecule has 7 heteroatoms. The number of carbonyl (C=O) groups excluding carboxylic acids is 2. The van der Waals surface area contributed by atoms with E-state index >= 15 is 0 Å². The number of piperidine rings is 2. The molecule has 0 aliphatic carbocycles. The van der Waals surface area contributed by atoms with E-state index in [1.54, 1.807) is 24.4 Å². The topological polar surface area (TPSA) is 89.0 Å². The number of hydrogen-bond donors (Lipinski definition) is 2. The molecule has 136 valence electrons. The number of aromatic nitrogens is 1. The standard InChI is InChI=1S/C19H20N4O2.ClH/c20-8-12-3-4-17-15(7-12)16(9-21-17)18(24)19(25)22-14-6-13-2-1-5-23(10-13)11-14;/h3-4,7,9,13-14,21H,1-2,5-6,10-11H2,(H,22,25);1H. The maximum absolute atomic E-state index is 12.6. The van der Waals surface area contributed by atoms with Crippen molar-refractivity contribution in [2.45, 2.75) is 25.3 Å². The number of H-pyrrole nitrogens is 1. The summed E-state index contributed by atoms with van der Waals surface area (Å²) in [6.45, 7) is 3.01. The van der Waals surface area contributed by atoms with Crippen LogP contribution in [0, 0.1) is 17.2 Å². The maximum Gasteiger partial charge on any atom is 0.292 e. The van der Waals surface area contributed by atoms with Crippen LogP contribution in [0.5, 0.6) is 0 Å². The Labute approximate surface area is 158 Å². The minimum Gasteiger partial charge on any atom is -0.360 e. The van der Waals surface area contributed by atoms with Crippen LogP contribution < -0.4 is 5.32 Å². The molecule has 0 saturated carbocycles. The van der Waals surface area contributed by atoms with Crippen molar-refractivity contribution in [2.75, 3.05) is 19.6 Å². The van der Waals surface area contributed by atoms with Gasteiger partial charge in [0.25, 0.3) is 11.7 Å². The highest BCUT2D eigenvalue weighted by atomic mass is 35.5. The molecule has 2 saturated heterocycles. The largest absolute Gasteiger partial charge is 0.360 e. The molecule has 1 aromatic heterocycles. The summed E-state index contributed by atoms with van der Waals surface area (Å²) in [5.41, 5.74) is 1.53. The molecule has 6 nitrogen and oxygen atoms in total. The van der Waals surface area contributed by atoms with Crippen LogP contribution in [0.2, 0.25) is 0 Å². The molecule has 0 radical (unpaired) electrons. The first-order chi connectivity index (χ1) is 12.1. The van der Waals surface area contributed by atoms with E-state index in [2.05, 4.69) is 21.3 Å². The van der Waals surface area contributed by atoms with E-state index in [0.717, 1.165) is 31.6 Å². The van der Waals surface area contributed by atoms with Gasteiger partial charge in [0, 0.05) is 36.2 Å². The predicted molar refractivity (Wildman–Crippen MR) is 100 cm³/mol. The summed E-state index contributed by atoms with van der Waals surface area (Å²) in [7, 11) is 0. The Hall–Kier alpha value is -2.36. The van der Waals surface area contributed by atoms with Crippen molar-refractivity contribution in [2.24, 2.45) is 5.92 Å². The highest BCUT2D eigenvalue weighted by Crippen LogP contribution is 2.26. The molecular weight excluding hydrogens is 352 g/mol. The second kappa shape index (κ2) is 7.48. The summed E-state index contributed by atoms with van der Waals surface area (Å²) in [6, 6.07) is 7.17. The van der Waals surface area contributed by atoms with Crippen molar-refractivity contribution in [3.05, 3.63) is 35.5 Å². The summed E-state index contributed by atoms with van der Waals surface area (Å²) in [5.74, 6) is -0.490. The minimum absolute atomic E-state index is 0. The number of halogens is 1. The molecule has 4 rings (SSSR count). The predicted octanol–water partition coefficient (Wildman–Crippen LogP) is 2.24. The zero-order valence-corrected chi connectivity index (χ0v) is 15.1. The number of nitrogens with one attached hydrogen (secondary N) is 2. The van der Waals surface area contributed by atoms with Gasteiger partial charge in [0.1, 0.15) is 0 Å². The molecule has 2 aromatic rings. The second-order valence-corrected chi connectivity index (χ2v) is 7.08. The fourth-order valence-corrected chi connectivity index (χ4v) is 4.15. The molecule has 3 atom stereocenters. The Morgan fingerprint density at radius 1 is 1.31 bits per heavy atom. The highest BCUT2D eigenvalue weighted by molar-refractivity contribution is 6.45. The SMILES string of the molecule is Cl.N#Cc1ccc2[nH]cc(C(=O)C(=O)NC3CC4CCCN(C4)C3)c2c1. The van der Waals surface area contributed by atoms with Gasteiger partial charge >= 0.3 is 0 Å². The van der Waals surface area contributed by atoms with Crippen molar-refractivity contribution >= 4 is 35.0 Å². The second-order valence-electron chi connectivity index (χ2n) is 7.08. The third-order valence-electron chi connectivity index (χ3n) is 5.30. The first kappa shape index (κ1) is 18.4. The normalized spacial score (nSPS) is 24.3. The summed E-state index contributed by atoms with van der Waals surface area (Å²) < 4.78 is 0. The van der Waals surface area contributed by atoms with Crippen molar-refractivity contribution in [1.82, 2.24) is 15.2 Å². The number of nitrogens with zero attached hydrogens (tertiary/aromatic N) is 2. The Balaban J connectivity index is 0.00000196. The lowest BCUT2D eigenvalue weighted by Gasteiger charge is -2.41. The number of benzene rings is 1. The van der Waals surface area contributed by atoms with E-state index < -0.39 is 11.7 Å². The van der Waals surface area contributed by atoms with Gasteiger partial charge in [-0.25, -0.2) is 0 Å². The fourth-order valence-electron chi connectivity index (χ4n) is 4.15. The van der Waals surface area contributed by atoms with Crippen LogP contribution in [-0.2, 0) is 4.79 Å². The molecule has 3 unspecified atom stereocenters. The lowest BCUT2D eigenvalue weighted by Crippen LogP contribution is -2.53. The first-order valence-electron chi connectivity index (χ1n) is 8.73. The average molecular weight is 373 g/mol. The first-order valence-corrected chi connectivity index (χ1v) is 8.73. The van der Waals surface area contributed by atoms with Gasteiger partial charge in [-0.2, -0.15) is 5.26 Å². The number of fused-ring (bicyclic) bond motifs is 3. The van der Waals surface area contributed by atoms with E-state index in [1.807, 2.05) is 0 Å². The van der Waals surface area contributed by atoms with Gasteiger partial charge in [0.2, 0.25) is 0 Å². The van der Waals surface area contributed by atoms with Crippen LogP contribution in [0.1, 0.15) is 35.2 Å². The van der Waals surface area contributed by atoms with E-state index in [9.17, 15) is 9.59 Å². The minimum atomic E-state index is -0.561. The number of rotatable bonds is 3. The number of Topliss-reactive ketones (excluding diaryl/α,β-unsaturated/α-hetero) is 1. The fraction of sp³-hybridized carbons (Fsp3) is 0.421. The van der Waals surface area contributed by atoms with Crippen LogP contribution in [0.25, 0.3) is 10.9 Å². The summed E-state index contributed by atoms with van der Waals surface area (Å²) in [4.78, 5) is 30.4. The highest BCUT2D eigenvalue weighted by Gasteiger charge is 2.32. The number of nitriles is 1. The van der Waals surface area contributed by atoms with Crippen LogP contribution in [-0.4, -0.2) is 47.3 Å². The third-order valence-corrected chi connectivity index (χ3v) is 5.30. The van der Waals surface area contributed by atoms with Crippen molar-refractivity contribution in [1.29, 1.82) is 5.26 Å². The van der Waals surface area contributed by atoms with E-state index in [1.165, 1.54) is 12.8 Å². The number of hydrogen-bond acceptors (Lipinski definition) is 4. The Bertz CT molecular complexity index is 873. The van der Waals surface area contributed by atoms with Crippen LogP contribution in [0.15, 0.2) is 24.4 Å². The number of aromatic amines is 1. The zero-order chi connectivity index (χ0) is 17.4. The van der Waals surface area contributed by atoms with Crippen molar-refractivity contribution in [3.8, 4) is 6.07 Å². The summed E-state index contributed by atoms with van der Waals surface area (Å²) in [6.07, 6.45) is 4.92. The van der Waals surface area contributed by atoms with Crippen molar-refractivity contribution in [3.63, 3.8) is 0 Å². The molecule has 1 amide bonds. The Morgan fingerprint density at radius 3 is 2.92 bits per heavy atom. The van der Waals surface area contributed by atoms with Crippen LogP contribution >= 0.6 is 12.4 Å². The van der Waals surface area contributed by atoms with Crippen LogP contribution in [0.4, 0.5) is 0 Å². The lowest BCUT2D eigenvalue weighted by molar-refractivity contribution is -0.118. The molecule has 2 aliphatic heterocycles. The van der Waals surface area contributed by atoms with Gasteiger partial charge in [0.15, 0.2) is 0 Å². The Kier molecular flexibility index (Phi) is 5.30. The van der Waals surface area contributed by atoms with Crippen molar-refractivity contribution < 1.29 is 9.59 Å². The van der Waals surface area contributed by atoms with Gasteiger partial charge in [-0.05, 0) is 49.9 Å². The van der Waals surface area contributed by atoms with E-state index in [4.69, 9.17) is 5.26 Å². The molecule has 26 heavy (non-hydrogen) atoms. The third kappa shape index (κ3) is 3.46. The summed E-state index contributed by atoms with van der Waals surface area (Å²) >= 11 is 0. The molecule has 3 heterocycles. The number of carbonyl (C=O) groups is 2. The smallest absolute Gasteiger partial charge is 0.292 e. The lowest BCUT2D eigenvalue weighted by atomic mass is 9.87. The molecule has 2 N–H and O–H groups in total. The van der Waals surface area contributed by atoms with Gasteiger partial charge in [-0.1, -0.05) is 0 Å². The van der Waals surface area contributed by atoms with Crippen LogP contribution in [0.3, 0.4) is 0 Å². The molecule has 1 aromatic carbocycles. The van der Waals surface area contributed by atoms with E-state index in [-0.39, 0.29) is 18.4 Å². The Morgan fingerprint density at radius 2 is 2.15 bits per heavy atom. The van der Waals surface area contributed by atoms with Gasteiger partial charge < -0.3 is 15.2 Å². The molecule has 2 aliphatic rings. The quantitative estimate of drug-likeness (QED) is 0.638. The van der Waals surface area contributed by atoms with E-state index in [0.29, 0.717) is 22.4 Å². The number of amides is 1. The molecular formula is C19H21ClN4O2. The summed E-state index contributed by atoms with van der Waals surface area (Å²) in [5, 5.41) is 12.6. The number of ketones is 1. The van der Waals surface area contributed by atoms with Gasteiger partial charge in [0.05, 0.1) is 17.2 Å². The maximum atomic E-state index is 12.6.